The second-order valence-corrected chi connectivity index (χ2v) is 3.70. The maximum absolute atomic E-state index is 11.1. The number of methoxy groups -OCH3 is 1. The lowest BCUT2D eigenvalue weighted by atomic mass is 10.2. The lowest BCUT2D eigenvalue weighted by Gasteiger charge is -2.30. The highest BCUT2D eigenvalue weighted by molar-refractivity contribution is 5.66. The van der Waals surface area contributed by atoms with E-state index < -0.39 is 18.9 Å². The van der Waals surface area contributed by atoms with E-state index in [4.69, 9.17) is 14.0 Å². The first-order chi connectivity index (χ1) is 7.63. The van der Waals surface area contributed by atoms with Crippen molar-refractivity contribution in [2.24, 2.45) is 0 Å². The summed E-state index contributed by atoms with van der Waals surface area (Å²) in [6.45, 7) is 3.55. The molecule has 1 heterocycles. The van der Waals surface area contributed by atoms with Gasteiger partial charge >= 0.3 is 6.09 Å². The van der Waals surface area contributed by atoms with Crippen LogP contribution in [0.15, 0.2) is 0 Å². The van der Waals surface area contributed by atoms with Crippen molar-refractivity contribution in [3.8, 4) is 0 Å². The van der Waals surface area contributed by atoms with Crippen molar-refractivity contribution >= 4 is 6.09 Å². The first kappa shape index (κ1) is 7.48. The molecule has 82 valence electrons. The minimum atomic E-state index is -2.44. The first-order valence-corrected chi connectivity index (χ1v) is 4.44. The minimum absolute atomic E-state index is 0.0234. The number of nitrogens with zero attached hydrogens (tertiary/aromatic N) is 1. The molecule has 1 aliphatic rings. The van der Waals surface area contributed by atoms with Gasteiger partial charge in [0, 0.05) is 13.6 Å². The minimum Gasteiger partial charge on any atom is -0.465 e. The van der Waals surface area contributed by atoms with E-state index >= 15 is 0 Å². The van der Waals surface area contributed by atoms with E-state index in [-0.39, 0.29) is 19.3 Å². The third-order valence-electron chi connectivity index (χ3n) is 2.33. The molecule has 0 unspecified atom stereocenters. The third-order valence-corrected chi connectivity index (χ3v) is 2.33. The van der Waals surface area contributed by atoms with Gasteiger partial charge in [0.05, 0.1) is 16.8 Å². The highest BCUT2D eigenvalue weighted by Crippen LogP contribution is 2.28. The maximum Gasteiger partial charge on any atom is 0.409 e. The van der Waals surface area contributed by atoms with Gasteiger partial charge in [0.1, 0.15) is 5.72 Å². The molecule has 1 atom stereocenters. The Morgan fingerprint density at radius 3 is 3.14 bits per heavy atom. The van der Waals surface area contributed by atoms with Crippen molar-refractivity contribution in [1.29, 1.82) is 0 Å². The molecule has 1 saturated heterocycles. The van der Waals surface area contributed by atoms with Gasteiger partial charge in [0.2, 0.25) is 0 Å². The van der Waals surface area contributed by atoms with E-state index in [0.717, 1.165) is 0 Å². The van der Waals surface area contributed by atoms with Crippen LogP contribution < -0.4 is 0 Å². The van der Waals surface area contributed by atoms with Gasteiger partial charge in [-0.05, 0) is 20.3 Å². The van der Waals surface area contributed by atoms with E-state index in [1.807, 2.05) is 0 Å². The standard InChI is InChI=1S/C9H17NO4/c1-9(2)10(8(11)12)7(6-14-9)4-5-13-3/h7H,4-6H2,1-3H3,(H,11,12)/t7-/m0/s1/i3D3. The fraction of sp³-hybridized carbons (Fsp3) is 0.889. The molecular formula is C9H17NO4. The SMILES string of the molecule is [2H]C([2H])([2H])OCC[C@H]1COC(C)(C)N1C(=O)O. The molecule has 0 bridgehead atoms. The summed E-state index contributed by atoms with van der Waals surface area (Å²) in [7, 11) is -2.44. The van der Waals surface area contributed by atoms with Gasteiger partial charge < -0.3 is 14.6 Å². The molecular weight excluding hydrogens is 186 g/mol. The predicted octanol–water partition coefficient (Wildman–Crippen LogP) is 1.14. The van der Waals surface area contributed by atoms with Crippen LogP contribution in [0.2, 0.25) is 0 Å². The Hall–Kier alpha value is -0.810. The average molecular weight is 206 g/mol. The van der Waals surface area contributed by atoms with Crippen molar-refractivity contribution in [3.63, 3.8) is 0 Å². The summed E-state index contributed by atoms with van der Waals surface area (Å²) in [5, 5.41) is 9.07. The monoisotopic (exact) mass is 206 g/mol. The number of ether oxygens (including phenoxy) is 2. The summed E-state index contributed by atoms with van der Waals surface area (Å²) in [5.74, 6) is 0. The molecule has 0 saturated carbocycles. The summed E-state index contributed by atoms with van der Waals surface area (Å²) >= 11 is 0. The van der Waals surface area contributed by atoms with Gasteiger partial charge in [0.15, 0.2) is 0 Å². The quantitative estimate of drug-likeness (QED) is 0.752. The fourth-order valence-electron chi connectivity index (χ4n) is 1.68. The van der Waals surface area contributed by atoms with Crippen LogP contribution in [0.5, 0.6) is 0 Å². The second-order valence-electron chi connectivity index (χ2n) is 3.70. The lowest BCUT2D eigenvalue weighted by molar-refractivity contribution is -0.0425. The van der Waals surface area contributed by atoms with Crippen LogP contribution in [-0.2, 0) is 9.47 Å². The summed E-state index contributed by atoms with van der Waals surface area (Å²) in [6.07, 6.45) is -0.778. The van der Waals surface area contributed by atoms with Gasteiger partial charge in [-0.25, -0.2) is 4.79 Å². The molecule has 5 nitrogen and oxygen atoms in total. The zero-order valence-corrected chi connectivity index (χ0v) is 8.32. The third kappa shape index (κ3) is 2.16. The van der Waals surface area contributed by atoms with Crippen LogP contribution in [0.1, 0.15) is 24.4 Å². The number of hydrogen-bond acceptors (Lipinski definition) is 3. The highest BCUT2D eigenvalue weighted by atomic mass is 16.5. The van der Waals surface area contributed by atoms with Crippen molar-refractivity contribution in [1.82, 2.24) is 4.90 Å². The molecule has 0 radical (unpaired) electrons. The Bertz CT molecular complexity index is 292. The molecule has 5 heteroatoms. The van der Waals surface area contributed by atoms with Gasteiger partial charge in [-0.2, -0.15) is 0 Å². The first-order valence-electron chi connectivity index (χ1n) is 5.94. The van der Waals surface area contributed by atoms with E-state index in [1.54, 1.807) is 13.8 Å². The number of carbonyl (C=O) groups is 1. The van der Waals surface area contributed by atoms with Crippen molar-refractivity contribution in [2.75, 3.05) is 20.3 Å². The number of rotatable bonds is 3. The lowest BCUT2D eigenvalue weighted by Crippen LogP contribution is -2.47. The second kappa shape index (κ2) is 4.14. The summed E-state index contributed by atoms with van der Waals surface area (Å²) in [6, 6.07) is -0.371. The molecule has 1 rings (SSSR count). The Morgan fingerprint density at radius 1 is 1.86 bits per heavy atom. The summed E-state index contributed by atoms with van der Waals surface area (Å²) in [4.78, 5) is 12.3. The van der Waals surface area contributed by atoms with Gasteiger partial charge in [-0.1, -0.05) is 0 Å². The topological polar surface area (TPSA) is 59.0 Å². The number of hydrogen-bond donors (Lipinski definition) is 1. The maximum atomic E-state index is 11.1. The fourth-order valence-corrected chi connectivity index (χ4v) is 1.68. The average Bonchev–Trinajstić information content (AvgIpc) is 2.39. The largest absolute Gasteiger partial charge is 0.465 e. The normalized spacial score (nSPS) is 29.4. The molecule has 1 amide bonds. The van der Waals surface area contributed by atoms with E-state index in [9.17, 15) is 4.79 Å². The molecule has 1 N–H and O–H groups in total. The van der Waals surface area contributed by atoms with Crippen LogP contribution in [0.4, 0.5) is 4.79 Å². The summed E-state index contributed by atoms with van der Waals surface area (Å²) in [5.41, 5.74) is -0.878. The Balaban J connectivity index is 2.52. The van der Waals surface area contributed by atoms with Crippen molar-refractivity contribution in [3.05, 3.63) is 0 Å². The van der Waals surface area contributed by atoms with Gasteiger partial charge in [0.25, 0.3) is 0 Å². The zero-order chi connectivity index (χ0) is 13.3. The molecule has 1 fully saturated rings. The smallest absolute Gasteiger partial charge is 0.409 e. The molecule has 0 aromatic heterocycles. The van der Waals surface area contributed by atoms with Gasteiger partial charge in [-0.3, -0.25) is 4.90 Å². The van der Waals surface area contributed by atoms with Crippen LogP contribution in [0, 0.1) is 0 Å². The Labute approximate surface area is 87.8 Å². The molecule has 14 heavy (non-hydrogen) atoms. The highest BCUT2D eigenvalue weighted by Gasteiger charge is 2.43. The van der Waals surface area contributed by atoms with Crippen molar-refractivity contribution in [2.45, 2.75) is 32.0 Å². The number of carboxylic acid groups (broad SMARTS) is 1. The predicted molar refractivity (Wildman–Crippen MR) is 50.2 cm³/mol. The van der Waals surface area contributed by atoms with Crippen LogP contribution in [-0.4, -0.2) is 48.1 Å². The molecule has 0 aliphatic carbocycles. The van der Waals surface area contributed by atoms with Crippen molar-refractivity contribution < 1.29 is 23.5 Å². The van der Waals surface area contributed by atoms with E-state index in [2.05, 4.69) is 4.74 Å². The Morgan fingerprint density at radius 2 is 2.57 bits per heavy atom. The number of amides is 1. The van der Waals surface area contributed by atoms with Crippen LogP contribution >= 0.6 is 0 Å². The van der Waals surface area contributed by atoms with Crippen LogP contribution in [0.3, 0.4) is 0 Å². The zero-order valence-electron chi connectivity index (χ0n) is 11.3. The van der Waals surface area contributed by atoms with E-state index in [1.165, 1.54) is 4.90 Å². The Kier molecular flexibility index (Phi) is 2.21. The van der Waals surface area contributed by atoms with Crippen LogP contribution in [0.25, 0.3) is 0 Å². The molecule has 0 spiro atoms. The molecule has 0 aromatic rings. The van der Waals surface area contributed by atoms with Gasteiger partial charge in [-0.15, -0.1) is 0 Å². The molecule has 0 aromatic carbocycles. The molecule has 1 aliphatic heterocycles. The summed E-state index contributed by atoms with van der Waals surface area (Å²) < 4.78 is 30.6. The van der Waals surface area contributed by atoms with E-state index in [0.29, 0.717) is 6.42 Å².